The van der Waals surface area contributed by atoms with E-state index in [-0.39, 0.29) is 5.41 Å². The standard InChI is InChI=1S/C16H19BrCl2N2/c1-12-15(17)14(21(2)20-12)9-16(10-18,11-19)8-13-6-4-3-5-7-13/h3-7H,8-11H2,1-2H3. The number of benzene rings is 1. The zero-order chi connectivity index (χ0) is 15.5. The van der Waals surface area contributed by atoms with Gasteiger partial charge in [-0.05, 0) is 41.3 Å². The summed E-state index contributed by atoms with van der Waals surface area (Å²) in [5.74, 6) is 1.03. The predicted octanol–water partition coefficient (Wildman–Crippen LogP) is 4.74. The summed E-state index contributed by atoms with van der Waals surface area (Å²) in [6.45, 7) is 1.99. The lowest BCUT2D eigenvalue weighted by molar-refractivity contribution is 0.362. The summed E-state index contributed by atoms with van der Waals surface area (Å²) in [4.78, 5) is 0. The monoisotopic (exact) mass is 388 g/mol. The SMILES string of the molecule is Cc1nn(C)c(CC(CCl)(CCl)Cc2ccccc2)c1Br. The largest absolute Gasteiger partial charge is 0.271 e. The fraction of sp³-hybridized carbons (Fsp3) is 0.438. The third-order valence-corrected chi connectivity index (χ3v) is 5.96. The van der Waals surface area contributed by atoms with E-state index in [1.165, 1.54) is 5.56 Å². The highest BCUT2D eigenvalue weighted by Gasteiger charge is 2.31. The maximum Gasteiger partial charge on any atom is 0.0738 e. The lowest BCUT2D eigenvalue weighted by Gasteiger charge is -2.30. The third kappa shape index (κ3) is 3.82. The first-order valence-corrected chi connectivity index (χ1v) is 8.71. The van der Waals surface area contributed by atoms with Gasteiger partial charge in [-0.25, -0.2) is 0 Å². The third-order valence-electron chi connectivity index (χ3n) is 3.79. The summed E-state index contributed by atoms with van der Waals surface area (Å²) in [6, 6.07) is 10.4. The Morgan fingerprint density at radius 2 is 1.76 bits per heavy atom. The van der Waals surface area contributed by atoms with Gasteiger partial charge >= 0.3 is 0 Å². The quantitative estimate of drug-likeness (QED) is 0.652. The Morgan fingerprint density at radius 3 is 2.24 bits per heavy atom. The molecular weight excluding hydrogens is 371 g/mol. The number of aromatic nitrogens is 2. The van der Waals surface area contributed by atoms with Crippen molar-refractivity contribution in [3.8, 4) is 0 Å². The Morgan fingerprint density at radius 1 is 1.14 bits per heavy atom. The van der Waals surface area contributed by atoms with Crippen molar-refractivity contribution in [2.75, 3.05) is 11.8 Å². The smallest absolute Gasteiger partial charge is 0.0738 e. The van der Waals surface area contributed by atoms with Crippen molar-refractivity contribution in [2.45, 2.75) is 19.8 Å². The van der Waals surface area contributed by atoms with E-state index in [1.807, 2.05) is 36.9 Å². The van der Waals surface area contributed by atoms with E-state index >= 15 is 0 Å². The number of nitrogens with zero attached hydrogens (tertiary/aromatic N) is 2. The molecule has 0 aliphatic rings. The van der Waals surface area contributed by atoms with Gasteiger partial charge in [-0.2, -0.15) is 5.10 Å². The molecule has 1 heterocycles. The van der Waals surface area contributed by atoms with Crippen LogP contribution in [0.4, 0.5) is 0 Å². The Balaban J connectivity index is 2.30. The first-order valence-electron chi connectivity index (χ1n) is 6.85. The van der Waals surface area contributed by atoms with E-state index in [2.05, 4.69) is 33.2 Å². The lowest BCUT2D eigenvalue weighted by atomic mass is 9.81. The molecule has 21 heavy (non-hydrogen) atoms. The fourth-order valence-corrected chi connectivity index (χ4v) is 3.68. The highest BCUT2D eigenvalue weighted by Crippen LogP contribution is 2.34. The Hall–Kier alpha value is -0.510. The molecular formula is C16H19BrCl2N2. The van der Waals surface area contributed by atoms with E-state index in [0.717, 1.165) is 28.7 Å². The molecule has 0 atom stereocenters. The van der Waals surface area contributed by atoms with Gasteiger partial charge < -0.3 is 0 Å². The molecule has 114 valence electrons. The molecule has 0 aliphatic carbocycles. The molecule has 0 spiro atoms. The topological polar surface area (TPSA) is 17.8 Å². The lowest BCUT2D eigenvalue weighted by Crippen LogP contribution is -2.32. The summed E-state index contributed by atoms with van der Waals surface area (Å²) in [5, 5.41) is 4.45. The minimum Gasteiger partial charge on any atom is -0.271 e. The summed E-state index contributed by atoms with van der Waals surface area (Å²) in [5.41, 5.74) is 3.22. The average Bonchev–Trinajstić information content (AvgIpc) is 2.73. The Bertz CT molecular complexity index is 592. The molecule has 0 unspecified atom stereocenters. The summed E-state index contributed by atoms with van der Waals surface area (Å²) in [7, 11) is 1.96. The van der Waals surface area contributed by atoms with Crippen LogP contribution in [0.3, 0.4) is 0 Å². The molecule has 0 amide bonds. The van der Waals surface area contributed by atoms with E-state index in [0.29, 0.717) is 11.8 Å². The Kier molecular flexibility index (Phi) is 5.75. The second-order valence-corrected chi connectivity index (χ2v) is 6.90. The van der Waals surface area contributed by atoms with Crippen molar-refractivity contribution >= 4 is 39.1 Å². The van der Waals surface area contributed by atoms with Crippen LogP contribution >= 0.6 is 39.1 Å². The fourth-order valence-electron chi connectivity index (χ4n) is 2.54. The normalized spacial score (nSPS) is 11.9. The second-order valence-electron chi connectivity index (χ2n) is 5.58. The minimum atomic E-state index is -0.173. The number of rotatable bonds is 6. The summed E-state index contributed by atoms with van der Waals surface area (Å²) >= 11 is 16.2. The van der Waals surface area contributed by atoms with Crippen molar-refractivity contribution in [3.63, 3.8) is 0 Å². The number of alkyl halides is 2. The molecule has 2 aromatic rings. The maximum absolute atomic E-state index is 6.31. The van der Waals surface area contributed by atoms with Crippen molar-refractivity contribution in [1.29, 1.82) is 0 Å². The van der Waals surface area contributed by atoms with Gasteiger partial charge in [-0.3, -0.25) is 4.68 Å². The predicted molar refractivity (Wildman–Crippen MR) is 93.4 cm³/mol. The van der Waals surface area contributed by atoms with E-state index in [4.69, 9.17) is 23.2 Å². The van der Waals surface area contributed by atoms with Crippen molar-refractivity contribution < 1.29 is 0 Å². The first-order chi connectivity index (χ1) is 10.0. The van der Waals surface area contributed by atoms with Gasteiger partial charge in [-0.15, -0.1) is 23.2 Å². The van der Waals surface area contributed by atoms with E-state index < -0.39 is 0 Å². The van der Waals surface area contributed by atoms with Gasteiger partial charge in [0.05, 0.1) is 15.9 Å². The first kappa shape index (κ1) is 16.9. The molecule has 0 aliphatic heterocycles. The zero-order valence-corrected chi connectivity index (χ0v) is 15.3. The number of aryl methyl sites for hydroxylation is 2. The van der Waals surface area contributed by atoms with Gasteiger partial charge in [0.1, 0.15) is 0 Å². The summed E-state index contributed by atoms with van der Waals surface area (Å²) < 4.78 is 2.97. The number of halogens is 3. The van der Waals surface area contributed by atoms with Gasteiger partial charge in [0, 0.05) is 24.2 Å². The zero-order valence-electron chi connectivity index (χ0n) is 12.2. The van der Waals surface area contributed by atoms with Crippen LogP contribution in [0, 0.1) is 12.3 Å². The molecule has 2 nitrogen and oxygen atoms in total. The molecule has 0 saturated carbocycles. The van der Waals surface area contributed by atoms with Crippen LogP contribution in [0.25, 0.3) is 0 Å². The Labute approximate surface area is 144 Å². The van der Waals surface area contributed by atoms with Crippen LogP contribution < -0.4 is 0 Å². The highest BCUT2D eigenvalue weighted by molar-refractivity contribution is 9.10. The molecule has 0 bridgehead atoms. The molecule has 1 aromatic carbocycles. The second kappa shape index (κ2) is 7.17. The molecule has 0 N–H and O–H groups in total. The number of hydrogen-bond acceptors (Lipinski definition) is 1. The summed E-state index contributed by atoms with van der Waals surface area (Å²) in [6.07, 6.45) is 1.66. The molecule has 1 aromatic heterocycles. The van der Waals surface area contributed by atoms with E-state index in [1.54, 1.807) is 0 Å². The molecule has 5 heteroatoms. The van der Waals surface area contributed by atoms with E-state index in [9.17, 15) is 0 Å². The van der Waals surface area contributed by atoms with Crippen LogP contribution in [0.5, 0.6) is 0 Å². The number of hydrogen-bond donors (Lipinski definition) is 0. The van der Waals surface area contributed by atoms with Gasteiger partial charge in [-0.1, -0.05) is 30.3 Å². The molecule has 2 rings (SSSR count). The van der Waals surface area contributed by atoms with Crippen molar-refractivity contribution in [3.05, 3.63) is 51.8 Å². The van der Waals surface area contributed by atoms with Crippen LogP contribution in [0.15, 0.2) is 34.8 Å². The van der Waals surface area contributed by atoms with Crippen LogP contribution in [0.2, 0.25) is 0 Å². The molecule has 0 saturated heterocycles. The highest BCUT2D eigenvalue weighted by atomic mass is 79.9. The molecule has 0 radical (unpaired) electrons. The van der Waals surface area contributed by atoms with Crippen molar-refractivity contribution in [1.82, 2.24) is 9.78 Å². The van der Waals surface area contributed by atoms with Crippen LogP contribution in [-0.2, 0) is 19.9 Å². The average molecular weight is 390 g/mol. The van der Waals surface area contributed by atoms with Crippen LogP contribution in [-0.4, -0.2) is 21.5 Å². The van der Waals surface area contributed by atoms with Crippen LogP contribution in [0.1, 0.15) is 17.0 Å². The van der Waals surface area contributed by atoms with Gasteiger partial charge in [0.25, 0.3) is 0 Å². The van der Waals surface area contributed by atoms with Gasteiger partial charge in [0.2, 0.25) is 0 Å². The minimum absolute atomic E-state index is 0.173. The molecule has 0 fully saturated rings. The van der Waals surface area contributed by atoms with Gasteiger partial charge in [0.15, 0.2) is 0 Å². The maximum atomic E-state index is 6.31. The van der Waals surface area contributed by atoms with Crippen molar-refractivity contribution in [2.24, 2.45) is 12.5 Å².